The van der Waals surface area contributed by atoms with Gasteiger partial charge >= 0.3 is 5.97 Å². The Bertz CT molecular complexity index is 1750. The van der Waals surface area contributed by atoms with Crippen molar-refractivity contribution < 1.29 is 48.0 Å². The van der Waals surface area contributed by atoms with Crippen LogP contribution in [0, 0.1) is 53.3 Å². The van der Waals surface area contributed by atoms with E-state index in [1.54, 1.807) is 21.3 Å². The maximum Gasteiger partial charge on any atom is 0.329 e. The van der Waals surface area contributed by atoms with Gasteiger partial charge in [0.05, 0.1) is 12.2 Å². The average Bonchev–Trinajstić information content (AvgIpc) is 3.28. The van der Waals surface area contributed by atoms with Gasteiger partial charge in [-0.1, -0.05) is 90.5 Å². The summed E-state index contributed by atoms with van der Waals surface area (Å²) >= 11 is 0. The third-order valence-electron chi connectivity index (χ3n) is 15.9. The number of rotatable bonds is 6. The van der Waals surface area contributed by atoms with E-state index in [0.717, 1.165) is 43.3 Å². The van der Waals surface area contributed by atoms with Crippen molar-refractivity contribution in [3.63, 3.8) is 0 Å². The first-order chi connectivity index (χ1) is 30.7. The molecular weight excluding hydrogens is 823 g/mol. The second-order valence-corrected chi connectivity index (χ2v) is 20.9. The van der Waals surface area contributed by atoms with Crippen molar-refractivity contribution in [3.05, 3.63) is 47.6 Å². The van der Waals surface area contributed by atoms with E-state index in [9.17, 15) is 29.1 Å². The van der Waals surface area contributed by atoms with Gasteiger partial charge in [-0.25, -0.2) is 4.79 Å². The summed E-state index contributed by atoms with van der Waals surface area (Å²) in [5.41, 5.74) is -0.0341. The summed E-state index contributed by atoms with van der Waals surface area (Å²) in [6.45, 7) is 18.0. The zero-order valence-electron chi connectivity index (χ0n) is 42.0. The molecule has 15 atom stereocenters. The molecule has 0 radical (unpaired) electrons. The molecule has 0 aromatic rings. The average molecular weight is 908 g/mol. The molecule has 0 aromatic heterocycles. The molecule has 65 heavy (non-hydrogen) atoms. The Hall–Kier alpha value is -3.25. The van der Waals surface area contributed by atoms with Gasteiger partial charge in [-0.3, -0.25) is 19.2 Å². The van der Waals surface area contributed by atoms with Crippen LogP contribution in [0.4, 0.5) is 0 Å². The number of methoxy groups -OCH3 is 3. The van der Waals surface area contributed by atoms with Crippen LogP contribution in [-0.4, -0.2) is 103 Å². The van der Waals surface area contributed by atoms with Crippen molar-refractivity contribution in [2.45, 2.75) is 182 Å². The summed E-state index contributed by atoms with van der Waals surface area (Å²) in [7, 11) is 4.97. The molecule has 4 aliphatic rings. The monoisotopic (exact) mass is 908 g/mol. The predicted octanol–water partition coefficient (Wildman–Crippen LogP) is 9.39. The standard InChI is InChI=1S/C54H85NO10/c1-33-18-14-13-15-19-34(2)47(63-11)30-43-24-22-40(8)54(61,32-43)51(58)52(59)55-25-17-16-20-44(55)53(60)65-48(38(6)28-42-23-21-35(3)46(29-42)62-10)31-45(56)37(5)27-36(4)41(9)50(64-12)49(57)39(7)26-33/h13-15,18-19,27,33,35,37-44,46-48,50,61H,16-17,20-26,28-32H2,1-12H3/b15-13+,18-14+,34-19+,36-27+/t33-,35+,37-,38-,39-,40-,41-,42+,43+,44+,46?,47+,48+,50?,54+/m1/s1. The van der Waals surface area contributed by atoms with Gasteiger partial charge in [0, 0.05) is 52.0 Å². The first-order valence-electron chi connectivity index (χ1n) is 24.9. The number of carbonyl (C=O) groups is 5. The van der Waals surface area contributed by atoms with Crippen LogP contribution >= 0.6 is 0 Å². The summed E-state index contributed by atoms with van der Waals surface area (Å²) < 4.78 is 24.0. The molecule has 2 unspecified atom stereocenters. The second-order valence-electron chi connectivity index (χ2n) is 20.9. The Morgan fingerprint density at radius 3 is 2.23 bits per heavy atom. The highest BCUT2D eigenvalue weighted by Gasteiger charge is 2.51. The van der Waals surface area contributed by atoms with Crippen LogP contribution < -0.4 is 0 Å². The van der Waals surface area contributed by atoms with Crippen molar-refractivity contribution in [1.29, 1.82) is 0 Å². The van der Waals surface area contributed by atoms with Gasteiger partial charge in [-0.15, -0.1) is 0 Å². The minimum atomic E-state index is -1.89. The first kappa shape index (κ1) is 54.4. The molecule has 2 aliphatic heterocycles. The molecule has 1 saturated heterocycles. The molecule has 1 amide bonds. The van der Waals surface area contributed by atoms with Gasteiger partial charge < -0.3 is 29.0 Å². The number of nitrogens with zero attached hydrogens (tertiary/aromatic N) is 1. The highest BCUT2D eigenvalue weighted by Crippen LogP contribution is 2.42. The lowest BCUT2D eigenvalue weighted by Crippen LogP contribution is -2.59. The van der Waals surface area contributed by atoms with Crippen molar-refractivity contribution in [2.75, 3.05) is 27.9 Å². The molecule has 2 aliphatic carbocycles. The van der Waals surface area contributed by atoms with Crippen molar-refractivity contribution in [1.82, 2.24) is 4.90 Å². The number of carbonyl (C=O) groups excluding carboxylic acids is 5. The van der Waals surface area contributed by atoms with Crippen LogP contribution in [0.2, 0.25) is 0 Å². The number of allylic oxidation sites excluding steroid dienone is 6. The fraction of sp³-hybridized carbons (Fsp3) is 0.759. The van der Waals surface area contributed by atoms with Crippen LogP contribution in [0.3, 0.4) is 0 Å². The van der Waals surface area contributed by atoms with E-state index in [-0.39, 0.29) is 72.8 Å². The zero-order chi connectivity index (χ0) is 48.2. The second kappa shape index (κ2) is 25.2. The van der Waals surface area contributed by atoms with Crippen molar-refractivity contribution in [3.8, 4) is 0 Å². The SMILES string of the molecule is COC1C(=O)[C@H](C)C[C@H](C)/C=C/C=C/C=C(\C)[C@@H](OC)C[C@@H]2CC[C@@H](C)[C@@](O)(C2)C(=O)C(=O)N2CCCC[C@H]2C(=O)O[C@H]([C@H](C)C[C@@H]2CC[C@H](C)C(OC)C2)CC(=O)[C@H](C)/C=C(\C)[C@H]1C. The third-order valence-corrected chi connectivity index (χ3v) is 15.9. The molecule has 2 saturated carbocycles. The maximum absolute atomic E-state index is 14.5. The van der Waals surface area contributed by atoms with E-state index in [0.29, 0.717) is 50.4 Å². The molecule has 2 bridgehead atoms. The van der Waals surface area contributed by atoms with Crippen LogP contribution in [0.1, 0.15) is 146 Å². The van der Waals surface area contributed by atoms with Gasteiger partial charge in [0.25, 0.3) is 11.7 Å². The van der Waals surface area contributed by atoms with Gasteiger partial charge in [0.1, 0.15) is 29.6 Å². The van der Waals surface area contributed by atoms with Crippen LogP contribution in [0.15, 0.2) is 47.6 Å². The number of ketones is 3. The number of Topliss-reactive ketones (excluding diaryl/α,β-unsaturated/α-hetero) is 3. The highest BCUT2D eigenvalue weighted by atomic mass is 16.5. The fourth-order valence-electron chi connectivity index (χ4n) is 11.2. The number of cyclic esters (lactones) is 1. The molecule has 0 aromatic carbocycles. The van der Waals surface area contributed by atoms with Gasteiger partial charge in [0.15, 0.2) is 5.78 Å². The Morgan fingerprint density at radius 1 is 0.831 bits per heavy atom. The first-order valence-corrected chi connectivity index (χ1v) is 24.9. The van der Waals surface area contributed by atoms with E-state index in [4.69, 9.17) is 18.9 Å². The molecule has 11 heteroatoms. The van der Waals surface area contributed by atoms with Crippen LogP contribution in [-0.2, 0) is 42.9 Å². The van der Waals surface area contributed by atoms with Crippen molar-refractivity contribution >= 4 is 29.2 Å². The number of aliphatic hydroxyl groups is 1. The molecule has 3 fully saturated rings. The summed E-state index contributed by atoms with van der Waals surface area (Å²) in [6.07, 6.45) is 18.2. The number of ether oxygens (including phenoxy) is 4. The van der Waals surface area contributed by atoms with E-state index in [2.05, 4.69) is 19.9 Å². The molecule has 2 heterocycles. The van der Waals surface area contributed by atoms with Gasteiger partial charge in [-0.2, -0.15) is 0 Å². The van der Waals surface area contributed by atoms with E-state index >= 15 is 0 Å². The Kier molecular flexibility index (Phi) is 21.1. The lowest BCUT2D eigenvalue weighted by atomic mass is 9.67. The maximum atomic E-state index is 14.5. The number of fused-ring (bicyclic) bond motifs is 3. The molecule has 4 rings (SSSR count). The summed E-state index contributed by atoms with van der Waals surface area (Å²) in [5.74, 6) is -3.34. The lowest BCUT2D eigenvalue weighted by molar-refractivity contribution is -0.171. The highest BCUT2D eigenvalue weighted by molar-refractivity contribution is 6.39. The number of esters is 1. The largest absolute Gasteiger partial charge is 0.460 e. The van der Waals surface area contributed by atoms with Crippen LogP contribution in [0.25, 0.3) is 0 Å². The van der Waals surface area contributed by atoms with Gasteiger partial charge in [-0.05, 0) is 132 Å². The van der Waals surface area contributed by atoms with Gasteiger partial charge in [0.2, 0.25) is 0 Å². The Balaban J connectivity index is 1.70. The van der Waals surface area contributed by atoms with E-state index in [1.807, 2.05) is 78.8 Å². The smallest absolute Gasteiger partial charge is 0.329 e. The topological polar surface area (TPSA) is 146 Å². The fourth-order valence-corrected chi connectivity index (χ4v) is 11.2. The van der Waals surface area contributed by atoms with E-state index < -0.39 is 53.3 Å². The summed E-state index contributed by atoms with van der Waals surface area (Å²) in [6, 6.07) is -1.02. The zero-order valence-corrected chi connectivity index (χ0v) is 42.0. The molecule has 11 nitrogen and oxygen atoms in total. The number of hydrogen-bond acceptors (Lipinski definition) is 10. The molecule has 366 valence electrons. The lowest BCUT2D eigenvalue weighted by Gasteiger charge is -2.43. The summed E-state index contributed by atoms with van der Waals surface area (Å²) in [4.78, 5) is 72.6. The number of amides is 1. The quantitative estimate of drug-likeness (QED) is 0.155. The van der Waals surface area contributed by atoms with Crippen LogP contribution in [0.5, 0.6) is 0 Å². The molecule has 0 spiro atoms. The minimum absolute atomic E-state index is 0.0204. The minimum Gasteiger partial charge on any atom is -0.460 e. The number of piperidine rings is 1. The Labute approximate surface area is 391 Å². The normalized spacial score (nSPS) is 40.4. The summed E-state index contributed by atoms with van der Waals surface area (Å²) in [5, 5.41) is 12.2. The molecular formula is C54H85NO10. The van der Waals surface area contributed by atoms with E-state index in [1.165, 1.54) is 4.90 Å². The number of hydrogen-bond donors (Lipinski definition) is 1. The predicted molar refractivity (Wildman–Crippen MR) is 255 cm³/mol. The third kappa shape index (κ3) is 14.4. The molecule has 1 N–H and O–H groups in total. The van der Waals surface area contributed by atoms with Crippen molar-refractivity contribution in [2.24, 2.45) is 53.3 Å². The Morgan fingerprint density at radius 2 is 1.55 bits per heavy atom.